The summed E-state index contributed by atoms with van der Waals surface area (Å²) in [5.74, 6) is 0.723. The lowest BCUT2D eigenvalue weighted by Gasteiger charge is -2.07. The normalized spacial score (nSPS) is 11.0. The monoisotopic (exact) mass is 240 g/mol. The molecule has 0 unspecified atom stereocenters. The van der Waals surface area contributed by atoms with Gasteiger partial charge in [0.2, 0.25) is 5.43 Å². The topological polar surface area (TPSA) is 39.4 Å². The van der Waals surface area contributed by atoms with E-state index in [-0.39, 0.29) is 5.43 Å². The third-order valence-electron chi connectivity index (χ3n) is 3.16. The van der Waals surface area contributed by atoms with Crippen LogP contribution in [0.3, 0.4) is 0 Å². The van der Waals surface area contributed by atoms with Gasteiger partial charge >= 0.3 is 0 Å². The van der Waals surface area contributed by atoms with E-state index in [1.807, 2.05) is 19.1 Å². The van der Waals surface area contributed by atoms with Gasteiger partial charge in [-0.15, -0.1) is 0 Å². The Morgan fingerprint density at radius 2 is 1.83 bits per heavy atom. The van der Waals surface area contributed by atoms with Gasteiger partial charge in [0, 0.05) is 5.56 Å². The largest absolute Gasteiger partial charge is 0.496 e. The second-order valence-electron chi connectivity index (χ2n) is 4.20. The molecule has 0 bridgehead atoms. The van der Waals surface area contributed by atoms with Gasteiger partial charge in [0.25, 0.3) is 0 Å². The van der Waals surface area contributed by atoms with Gasteiger partial charge in [0.05, 0.1) is 17.9 Å². The van der Waals surface area contributed by atoms with Crippen molar-refractivity contribution in [1.82, 2.24) is 0 Å². The van der Waals surface area contributed by atoms with Gasteiger partial charge in [-0.1, -0.05) is 12.1 Å². The lowest BCUT2D eigenvalue weighted by Crippen LogP contribution is -2.03. The van der Waals surface area contributed by atoms with Crippen LogP contribution < -0.4 is 10.2 Å². The molecule has 2 aromatic carbocycles. The van der Waals surface area contributed by atoms with Crippen LogP contribution in [0.4, 0.5) is 0 Å². The summed E-state index contributed by atoms with van der Waals surface area (Å²) in [5.41, 5.74) is 2.04. The first kappa shape index (κ1) is 10.8. The molecule has 3 aromatic rings. The Labute approximate surface area is 104 Å². The molecular formula is C15H12O3. The first-order valence-electron chi connectivity index (χ1n) is 5.71. The molecule has 0 spiro atoms. The average Bonchev–Trinajstić information content (AvgIpc) is 2.40. The van der Waals surface area contributed by atoms with Gasteiger partial charge in [0.1, 0.15) is 16.9 Å². The SMILES string of the molecule is COc1ccc2c(=O)c3ccccc3oc2c1C. The first-order chi connectivity index (χ1) is 8.72. The lowest BCUT2D eigenvalue weighted by atomic mass is 10.1. The fraction of sp³-hybridized carbons (Fsp3) is 0.133. The van der Waals surface area contributed by atoms with Gasteiger partial charge in [-0.2, -0.15) is 0 Å². The van der Waals surface area contributed by atoms with E-state index in [2.05, 4.69) is 0 Å². The van der Waals surface area contributed by atoms with Crippen LogP contribution in [0.2, 0.25) is 0 Å². The molecule has 1 aromatic heterocycles. The number of para-hydroxylation sites is 1. The molecule has 18 heavy (non-hydrogen) atoms. The van der Waals surface area contributed by atoms with Crippen LogP contribution in [-0.4, -0.2) is 7.11 Å². The summed E-state index contributed by atoms with van der Waals surface area (Å²) < 4.78 is 11.1. The van der Waals surface area contributed by atoms with Crippen molar-refractivity contribution < 1.29 is 9.15 Å². The molecule has 3 heteroatoms. The first-order valence-corrected chi connectivity index (χ1v) is 5.71. The Morgan fingerprint density at radius 1 is 1.06 bits per heavy atom. The summed E-state index contributed by atoms with van der Waals surface area (Å²) in [4.78, 5) is 12.3. The van der Waals surface area contributed by atoms with Gasteiger partial charge < -0.3 is 9.15 Å². The molecule has 0 saturated heterocycles. The highest BCUT2D eigenvalue weighted by atomic mass is 16.5. The number of aryl methyl sites for hydroxylation is 1. The molecule has 0 radical (unpaired) electrons. The fourth-order valence-electron chi connectivity index (χ4n) is 2.20. The highest BCUT2D eigenvalue weighted by Gasteiger charge is 2.11. The second kappa shape index (κ2) is 3.88. The molecule has 0 saturated carbocycles. The van der Waals surface area contributed by atoms with Crippen molar-refractivity contribution in [3.63, 3.8) is 0 Å². The van der Waals surface area contributed by atoms with Gasteiger partial charge in [0.15, 0.2) is 0 Å². The minimum atomic E-state index is -0.00222. The predicted molar refractivity (Wildman–Crippen MR) is 71.3 cm³/mol. The number of hydrogen-bond donors (Lipinski definition) is 0. The molecule has 0 aliphatic rings. The van der Waals surface area contributed by atoms with Crippen LogP contribution >= 0.6 is 0 Å². The van der Waals surface area contributed by atoms with Crippen molar-refractivity contribution in [3.05, 3.63) is 52.2 Å². The van der Waals surface area contributed by atoms with Crippen molar-refractivity contribution in [2.45, 2.75) is 6.92 Å². The third-order valence-corrected chi connectivity index (χ3v) is 3.16. The van der Waals surface area contributed by atoms with Crippen LogP contribution in [0.1, 0.15) is 5.56 Å². The second-order valence-corrected chi connectivity index (χ2v) is 4.20. The summed E-state index contributed by atoms with van der Waals surface area (Å²) in [7, 11) is 1.60. The Bertz CT molecular complexity index is 800. The standard InChI is InChI=1S/C15H12O3/c1-9-12(17-2)8-7-11-14(16)10-5-3-4-6-13(10)18-15(9)11/h3-8H,1-2H3. The molecule has 3 nitrogen and oxygen atoms in total. The molecule has 90 valence electrons. The van der Waals surface area contributed by atoms with E-state index < -0.39 is 0 Å². The average molecular weight is 240 g/mol. The van der Waals surface area contributed by atoms with Crippen molar-refractivity contribution >= 4 is 21.9 Å². The van der Waals surface area contributed by atoms with Gasteiger partial charge in [-0.05, 0) is 31.2 Å². The molecule has 0 aliphatic carbocycles. The summed E-state index contributed by atoms with van der Waals surface area (Å²) in [5, 5.41) is 1.20. The molecule has 3 rings (SSSR count). The third kappa shape index (κ3) is 1.40. The zero-order valence-electron chi connectivity index (χ0n) is 10.2. The van der Waals surface area contributed by atoms with Crippen molar-refractivity contribution in [1.29, 1.82) is 0 Å². The maximum absolute atomic E-state index is 12.3. The number of hydrogen-bond acceptors (Lipinski definition) is 3. The van der Waals surface area contributed by atoms with Crippen LogP contribution in [0, 0.1) is 6.92 Å². The molecule has 0 N–H and O–H groups in total. The van der Waals surface area contributed by atoms with Gasteiger partial charge in [-0.25, -0.2) is 0 Å². The maximum atomic E-state index is 12.3. The Balaban J connectivity index is 2.56. The smallest absolute Gasteiger partial charge is 0.200 e. The maximum Gasteiger partial charge on any atom is 0.200 e. The minimum Gasteiger partial charge on any atom is -0.496 e. The van der Waals surface area contributed by atoms with Crippen LogP contribution in [0.15, 0.2) is 45.6 Å². The summed E-state index contributed by atoms with van der Waals surface area (Å²) in [6, 6.07) is 10.8. The van der Waals surface area contributed by atoms with Crippen molar-refractivity contribution in [3.8, 4) is 5.75 Å². The number of benzene rings is 2. The van der Waals surface area contributed by atoms with E-state index in [9.17, 15) is 4.79 Å². The van der Waals surface area contributed by atoms with E-state index in [0.29, 0.717) is 21.9 Å². The number of rotatable bonds is 1. The van der Waals surface area contributed by atoms with E-state index in [1.54, 1.807) is 31.4 Å². The number of methoxy groups -OCH3 is 1. The molecule has 0 aliphatic heterocycles. The zero-order valence-corrected chi connectivity index (χ0v) is 10.2. The van der Waals surface area contributed by atoms with E-state index in [4.69, 9.17) is 9.15 Å². The lowest BCUT2D eigenvalue weighted by molar-refractivity contribution is 0.411. The summed E-state index contributed by atoms with van der Waals surface area (Å²) in [6.07, 6.45) is 0. The molecule has 0 fully saturated rings. The predicted octanol–water partition coefficient (Wildman–Crippen LogP) is 3.26. The molecule has 0 atom stereocenters. The summed E-state index contributed by atoms with van der Waals surface area (Å²) >= 11 is 0. The number of fused-ring (bicyclic) bond motifs is 2. The van der Waals surface area contributed by atoms with Crippen molar-refractivity contribution in [2.24, 2.45) is 0 Å². The zero-order chi connectivity index (χ0) is 12.7. The van der Waals surface area contributed by atoms with Crippen LogP contribution in [-0.2, 0) is 0 Å². The van der Waals surface area contributed by atoms with E-state index in [1.165, 1.54) is 0 Å². The summed E-state index contributed by atoms with van der Waals surface area (Å²) in [6.45, 7) is 1.89. The minimum absolute atomic E-state index is 0.00222. The molecule has 1 heterocycles. The Kier molecular flexibility index (Phi) is 2.33. The Morgan fingerprint density at radius 3 is 2.61 bits per heavy atom. The van der Waals surface area contributed by atoms with Crippen LogP contribution in [0.5, 0.6) is 5.75 Å². The molecule has 0 amide bonds. The quantitative estimate of drug-likeness (QED) is 0.613. The molecular weight excluding hydrogens is 228 g/mol. The number of ether oxygens (including phenoxy) is 1. The highest BCUT2D eigenvalue weighted by Crippen LogP contribution is 2.27. The van der Waals surface area contributed by atoms with Crippen molar-refractivity contribution in [2.75, 3.05) is 7.11 Å². The van der Waals surface area contributed by atoms with Gasteiger partial charge in [-0.3, -0.25) is 4.79 Å². The van der Waals surface area contributed by atoms with Crippen LogP contribution in [0.25, 0.3) is 21.9 Å². The van der Waals surface area contributed by atoms with E-state index >= 15 is 0 Å². The van der Waals surface area contributed by atoms with E-state index in [0.717, 1.165) is 11.3 Å². The fourth-order valence-corrected chi connectivity index (χ4v) is 2.20. The highest BCUT2D eigenvalue weighted by molar-refractivity contribution is 5.91. The Hall–Kier alpha value is -2.29.